The first-order valence-electron chi connectivity index (χ1n) is 8.26. The zero-order valence-electron chi connectivity index (χ0n) is 13.3. The van der Waals surface area contributed by atoms with E-state index in [2.05, 4.69) is 30.2 Å². The standard InChI is InChI=1S/C17H28N2O2/c1-3-7-19-17(11-15-6-5-9-21-15)14-10-16(13-18-12-14)20-8-4-2/h10,12-13,15,17,19H,3-9,11H2,1-2H3. The quantitative estimate of drug-likeness (QED) is 0.756. The van der Waals surface area contributed by atoms with Gasteiger partial charge in [0.15, 0.2) is 0 Å². The topological polar surface area (TPSA) is 43.4 Å². The Morgan fingerprint density at radius 2 is 2.29 bits per heavy atom. The Labute approximate surface area is 128 Å². The molecule has 1 aromatic rings. The summed E-state index contributed by atoms with van der Waals surface area (Å²) in [4.78, 5) is 4.34. The van der Waals surface area contributed by atoms with Crippen LogP contribution in [-0.2, 0) is 4.74 Å². The summed E-state index contributed by atoms with van der Waals surface area (Å²) in [7, 11) is 0. The highest BCUT2D eigenvalue weighted by Gasteiger charge is 2.22. The van der Waals surface area contributed by atoms with Gasteiger partial charge in [0.05, 0.1) is 18.9 Å². The first-order valence-corrected chi connectivity index (χ1v) is 8.26. The molecule has 2 unspecified atom stereocenters. The van der Waals surface area contributed by atoms with E-state index in [1.807, 2.05) is 6.20 Å². The maximum atomic E-state index is 5.79. The summed E-state index contributed by atoms with van der Waals surface area (Å²) in [6, 6.07) is 2.41. The fourth-order valence-corrected chi connectivity index (χ4v) is 2.67. The smallest absolute Gasteiger partial charge is 0.137 e. The molecule has 1 aliphatic rings. The van der Waals surface area contributed by atoms with Crippen molar-refractivity contribution in [1.82, 2.24) is 10.3 Å². The van der Waals surface area contributed by atoms with Crippen LogP contribution in [0.15, 0.2) is 18.5 Å². The van der Waals surface area contributed by atoms with Crippen molar-refractivity contribution < 1.29 is 9.47 Å². The van der Waals surface area contributed by atoms with Crippen molar-refractivity contribution in [1.29, 1.82) is 0 Å². The Bertz CT molecular complexity index is 406. The van der Waals surface area contributed by atoms with Gasteiger partial charge in [-0.05, 0) is 50.3 Å². The van der Waals surface area contributed by atoms with Gasteiger partial charge in [0.1, 0.15) is 5.75 Å². The van der Waals surface area contributed by atoms with Crippen LogP contribution in [0.4, 0.5) is 0 Å². The molecule has 2 atom stereocenters. The predicted molar refractivity (Wildman–Crippen MR) is 84.6 cm³/mol. The van der Waals surface area contributed by atoms with Crippen LogP contribution in [0.2, 0.25) is 0 Å². The first kappa shape index (κ1) is 16.2. The highest BCUT2D eigenvalue weighted by atomic mass is 16.5. The monoisotopic (exact) mass is 292 g/mol. The SMILES string of the molecule is CCCNC(CC1CCCO1)c1cncc(OCCC)c1. The van der Waals surface area contributed by atoms with Crippen LogP contribution >= 0.6 is 0 Å². The van der Waals surface area contributed by atoms with Gasteiger partial charge in [-0.15, -0.1) is 0 Å². The number of ether oxygens (including phenoxy) is 2. The zero-order chi connectivity index (χ0) is 14.9. The number of hydrogen-bond donors (Lipinski definition) is 1. The summed E-state index contributed by atoms with van der Waals surface area (Å²) in [6.45, 7) is 6.96. The van der Waals surface area contributed by atoms with E-state index in [1.165, 1.54) is 18.4 Å². The highest BCUT2D eigenvalue weighted by molar-refractivity contribution is 5.26. The van der Waals surface area contributed by atoms with Crippen LogP contribution in [0.25, 0.3) is 0 Å². The lowest BCUT2D eigenvalue weighted by Gasteiger charge is -2.22. The zero-order valence-corrected chi connectivity index (χ0v) is 13.3. The van der Waals surface area contributed by atoms with E-state index in [9.17, 15) is 0 Å². The summed E-state index contributed by atoms with van der Waals surface area (Å²) in [5.74, 6) is 0.866. The fourth-order valence-electron chi connectivity index (χ4n) is 2.67. The highest BCUT2D eigenvalue weighted by Crippen LogP contribution is 2.26. The first-order chi connectivity index (χ1) is 10.3. The van der Waals surface area contributed by atoms with E-state index in [1.54, 1.807) is 6.20 Å². The minimum atomic E-state index is 0.297. The van der Waals surface area contributed by atoms with Gasteiger partial charge in [-0.2, -0.15) is 0 Å². The van der Waals surface area contributed by atoms with Crippen LogP contribution in [0.5, 0.6) is 5.75 Å². The molecule has 1 saturated heterocycles. The molecule has 4 nitrogen and oxygen atoms in total. The maximum absolute atomic E-state index is 5.79. The molecule has 0 saturated carbocycles. The summed E-state index contributed by atoms with van der Waals surface area (Å²) in [6.07, 6.45) is 9.62. The maximum Gasteiger partial charge on any atom is 0.137 e. The summed E-state index contributed by atoms with van der Waals surface area (Å²) in [5.41, 5.74) is 1.20. The van der Waals surface area contributed by atoms with Gasteiger partial charge in [0, 0.05) is 18.8 Å². The molecule has 4 heteroatoms. The van der Waals surface area contributed by atoms with Crippen LogP contribution in [0.1, 0.15) is 57.6 Å². The third-order valence-corrected chi connectivity index (χ3v) is 3.77. The van der Waals surface area contributed by atoms with Crippen molar-refractivity contribution in [3.05, 3.63) is 24.0 Å². The lowest BCUT2D eigenvalue weighted by atomic mass is 10.0. The Morgan fingerprint density at radius 3 is 3.00 bits per heavy atom. The molecule has 1 aliphatic heterocycles. The molecule has 0 aliphatic carbocycles. The minimum Gasteiger partial charge on any atom is -0.492 e. The summed E-state index contributed by atoms with van der Waals surface area (Å²) in [5, 5.41) is 3.62. The third-order valence-electron chi connectivity index (χ3n) is 3.77. The van der Waals surface area contributed by atoms with E-state index in [-0.39, 0.29) is 0 Å². The van der Waals surface area contributed by atoms with Gasteiger partial charge in [-0.1, -0.05) is 13.8 Å². The van der Waals surface area contributed by atoms with E-state index >= 15 is 0 Å². The van der Waals surface area contributed by atoms with Gasteiger partial charge < -0.3 is 14.8 Å². The van der Waals surface area contributed by atoms with Gasteiger partial charge in [0.2, 0.25) is 0 Å². The van der Waals surface area contributed by atoms with E-state index < -0.39 is 0 Å². The number of hydrogen-bond acceptors (Lipinski definition) is 4. The molecule has 2 rings (SSSR count). The van der Waals surface area contributed by atoms with Crippen molar-refractivity contribution in [2.45, 2.75) is 58.1 Å². The minimum absolute atomic E-state index is 0.297. The lowest BCUT2D eigenvalue weighted by Crippen LogP contribution is -2.26. The molecular formula is C17H28N2O2. The summed E-state index contributed by atoms with van der Waals surface area (Å²) < 4.78 is 11.5. The van der Waals surface area contributed by atoms with Crippen LogP contribution in [0.3, 0.4) is 0 Å². The number of pyridine rings is 1. The molecule has 118 valence electrons. The molecule has 1 fully saturated rings. The lowest BCUT2D eigenvalue weighted by molar-refractivity contribution is 0.0945. The second-order valence-electron chi connectivity index (χ2n) is 5.68. The van der Waals surface area contributed by atoms with Crippen LogP contribution < -0.4 is 10.1 Å². The molecule has 0 bridgehead atoms. The second-order valence-corrected chi connectivity index (χ2v) is 5.68. The number of nitrogens with one attached hydrogen (secondary N) is 1. The van der Waals surface area contributed by atoms with E-state index in [0.29, 0.717) is 12.1 Å². The normalized spacial score (nSPS) is 19.6. The molecule has 21 heavy (non-hydrogen) atoms. The molecule has 0 radical (unpaired) electrons. The molecular weight excluding hydrogens is 264 g/mol. The van der Waals surface area contributed by atoms with Crippen molar-refractivity contribution in [3.8, 4) is 5.75 Å². The predicted octanol–water partition coefficient (Wildman–Crippen LogP) is 3.48. The molecule has 0 aromatic carbocycles. The molecule has 2 heterocycles. The Hall–Kier alpha value is -1.13. The largest absolute Gasteiger partial charge is 0.492 e. The van der Waals surface area contributed by atoms with Crippen LogP contribution in [-0.4, -0.2) is 30.8 Å². The molecule has 0 spiro atoms. The Kier molecular flexibility index (Phi) is 6.96. The molecule has 1 N–H and O–H groups in total. The van der Waals surface area contributed by atoms with Crippen molar-refractivity contribution in [2.75, 3.05) is 19.8 Å². The van der Waals surface area contributed by atoms with E-state index in [0.717, 1.165) is 44.8 Å². The number of aromatic nitrogens is 1. The average Bonchev–Trinajstić information content (AvgIpc) is 3.02. The van der Waals surface area contributed by atoms with Crippen molar-refractivity contribution >= 4 is 0 Å². The Morgan fingerprint density at radius 1 is 1.38 bits per heavy atom. The van der Waals surface area contributed by atoms with Gasteiger partial charge in [-0.25, -0.2) is 0 Å². The summed E-state index contributed by atoms with van der Waals surface area (Å²) >= 11 is 0. The Balaban J connectivity index is 2.03. The van der Waals surface area contributed by atoms with Crippen molar-refractivity contribution in [2.24, 2.45) is 0 Å². The third kappa shape index (κ3) is 5.29. The molecule has 0 amide bonds. The van der Waals surface area contributed by atoms with Gasteiger partial charge in [-0.3, -0.25) is 4.98 Å². The molecule has 1 aromatic heterocycles. The average molecular weight is 292 g/mol. The van der Waals surface area contributed by atoms with Crippen LogP contribution in [0, 0.1) is 0 Å². The van der Waals surface area contributed by atoms with E-state index in [4.69, 9.17) is 9.47 Å². The number of nitrogens with zero attached hydrogens (tertiary/aromatic N) is 1. The second kappa shape index (κ2) is 9.00. The van der Waals surface area contributed by atoms with Crippen molar-refractivity contribution in [3.63, 3.8) is 0 Å². The van der Waals surface area contributed by atoms with Gasteiger partial charge in [0.25, 0.3) is 0 Å². The number of rotatable bonds is 9. The van der Waals surface area contributed by atoms with Gasteiger partial charge >= 0.3 is 0 Å². The fraction of sp³-hybridized carbons (Fsp3) is 0.706.